The van der Waals surface area contributed by atoms with Gasteiger partial charge in [0.2, 0.25) is 5.91 Å². The van der Waals surface area contributed by atoms with Gasteiger partial charge in [0.15, 0.2) is 0 Å². The summed E-state index contributed by atoms with van der Waals surface area (Å²) in [5, 5.41) is 6.01. The fourth-order valence-corrected chi connectivity index (χ4v) is 8.48. The summed E-state index contributed by atoms with van der Waals surface area (Å²) in [5.74, 6) is -3.24. The van der Waals surface area contributed by atoms with E-state index in [0.29, 0.717) is 51.9 Å². The second kappa shape index (κ2) is 10.0. The van der Waals surface area contributed by atoms with Crippen molar-refractivity contribution in [3.05, 3.63) is 35.5 Å². The highest BCUT2D eigenvalue weighted by Crippen LogP contribution is 2.70. The molecule has 4 fully saturated rings. The van der Waals surface area contributed by atoms with Crippen LogP contribution in [0.2, 0.25) is 0 Å². The van der Waals surface area contributed by atoms with Crippen LogP contribution in [0.5, 0.6) is 0 Å². The molecular weight excluding hydrogens is 592 g/mol. The quantitative estimate of drug-likeness (QED) is 0.340. The smallest absolute Gasteiger partial charge is 0.410 e. The number of halogens is 2. The van der Waals surface area contributed by atoms with E-state index in [2.05, 4.69) is 4.98 Å². The molecule has 2 amide bonds. The second-order valence-corrected chi connectivity index (χ2v) is 15.4. The van der Waals surface area contributed by atoms with E-state index in [0.717, 1.165) is 64.9 Å². The van der Waals surface area contributed by atoms with Crippen LogP contribution in [-0.4, -0.2) is 69.4 Å². The molecule has 2 aliphatic carbocycles. The molecule has 3 atom stereocenters. The maximum atomic E-state index is 14.9. The van der Waals surface area contributed by atoms with Crippen molar-refractivity contribution < 1.29 is 27.8 Å². The zero-order chi connectivity index (χ0) is 32.2. The minimum absolute atomic E-state index is 0.108. The van der Waals surface area contributed by atoms with Crippen LogP contribution in [0.25, 0.3) is 22.3 Å². The van der Waals surface area contributed by atoms with E-state index in [1.54, 1.807) is 11.8 Å². The Morgan fingerprint density at radius 1 is 1.11 bits per heavy atom. The van der Waals surface area contributed by atoms with Crippen molar-refractivity contribution in [2.75, 3.05) is 31.1 Å². The summed E-state index contributed by atoms with van der Waals surface area (Å²) in [5.41, 5.74) is 2.94. The molecular formula is C35H43F2N5O4. The van der Waals surface area contributed by atoms with Crippen molar-refractivity contribution in [2.24, 2.45) is 16.7 Å². The number of fused-ring (bicyclic) bond motifs is 3. The summed E-state index contributed by atoms with van der Waals surface area (Å²) in [4.78, 5) is 33.6. The Hall–Kier alpha value is -3.47. The lowest BCUT2D eigenvalue weighted by Gasteiger charge is -2.38. The topological polar surface area (TPSA) is 92.7 Å². The highest BCUT2D eigenvalue weighted by atomic mass is 19.3. The van der Waals surface area contributed by atoms with E-state index < -0.39 is 28.3 Å². The normalized spacial score (nSPS) is 28.4. The number of carbonyl (C=O) groups excluding carboxylic acids is 2. The third-order valence-electron chi connectivity index (χ3n) is 11.4. The molecule has 46 heavy (non-hydrogen) atoms. The number of aromatic amines is 1. The highest BCUT2D eigenvalue weighted by Gasteiger charge is 2.78. The Morgan fingerprint density at radius 3 is 2.59 bits per heavy atom. The summed E-state index contributed by atoms with van der Waals surface area (Å²) >= 11 is 0. The number of anilines is 1. The molecule has 3 saturated heterocycles. The van der Waals surface area contributed by atoms with Gasteiger partial charge in [-0.1, -0.05) is 13.0 Å². The molecule has 8 rings (SSSR count). The molecule has 1 saturated carbocycles. The maximum absolute atomic E-state index is 14.9. The van der Waals surface area contributed by atoms with Crippen LogP contribution in [0.1, 0.15) is 83.7 Å². The van der Waals surface area contributed by atoms with Crippen LogP contribution in [-0.2, 0) is 27.1 Å². The molecule has 9 nitrogen and oxygen atoms in total. The zero-order valence-electron chi connectivity index (χ0n) is 27.1. The average Bonchev–Trinajstić information content (AvgIpc) is 3.49. The molecule has 2 unspecified atom stereocenters. The molecule has 5 heterocycles. The largest absolute Gasteiger partial charge is 0.444 e. The molecule has 0 radical (unpaired) electrons. The minimum Gasteiger partial charge on any atom is -0.444 e. The lowest BCUT2D eigenvalue weighted by molar-refractivity contribution is -0.128. The fourth-order valence-electron chi connectivity index (χ4n) is 8.48. The van der Waals surface area contributed by atoms with Crippen molar-refractivity contribution in [2.45, 2.75) is 96.8 Å². The monoisotopic (exact) mass is 635 g/mol. The number of hydrogen-bond donors (Lipinski definition) is 1. The zero-order valence-corrected chi connectivity index (χ0v) is 27.1. The van der Waals surface area contributed by atoms with Gasteiger partial charge in [-0.15, -0.1) is 0 Å². The van der Waals surface area contributed by atoms with Gasteiger partial charge in [0, 0.05) is 71.8 Å². The number of rotatable bonds is 3. The summed E-state index contributed by atoms with van der Waals surface area (Å²) in [7, 11) is 0. The molecule has 1 spiro atoms. The van der Waals surface area contributed by atoms with Crippen molar-refractivity contribution >= 4 is 28.6 Å². The number of hydrogen-bond acceptors (Lipinski definition) is 5. The van der Waals surface area contributed by atoms with E-state index in [9.17, 15) is 18.4 Å². The van der Waals surface area contributed by atoms with Gasteiger partial charge in [0.05, 0.1) is 11.1 Å². The number of amides is 2. The van der Waals surface area contributed by atoms with Crippen LogP contribution in [0.4, 0.5) is 19.3 Å². The van der Waals surface area contributed by atoms with E-state index in [1.165, 1.54) is 0 Å². The maximum Gasteiger partial charge on any atom is 0.410 e. The van der Waals surface area contributed by atoms with Gasteiger partial charge in [0.1, 0.15) is 17.5 Å². The molecule has 3 aromatic rings. The summed E-state index contributed by atoms with van der Waals surface area (Å²) in [6, 6.07) is 8.03. The van der Waals surface area contributed by atoms with E-state index in [-0.39, 0.29) is 18.2 Å². The number of H-pyrrole nitrogens is 1. The van der Waals surface area contributed by atoms with Gasteiger partial charge in [0.25, 0.3) is 5.92 Å². The Morgan fingerprint density at radius 2 is 1.87 bits per heavy atom. The van der Waals surface area contributed by atoms with Crippen LogP contribution in [0, 0.1) is 16.7 Å². The van der Waals surface area contributed by atoms with Gasteiger partial charge in [-0.05, 0) is 83.9 Å². The van der Waals surface area contributed by atoms with Crippen molar-refractivity contribution in [1.82, 2.24) is 19.7 Å². The third-order valence-corrected chi connectivity index (χ3v) is 11.4. The third kappa shape index (κ3) is 4.51. The number of piperidine rings is 1. The Labute approximate surface area is 267 Å². The summed E-state index contributed by atoms with van der Waals surface area (Å²) in [6.45, 7) is 9.55. The van der Waals surface area contributed by atoms with Crippen LogP contribution >= 0.6 is 0 Å². The van der Waals surface area contributed by atoms with E-state index in [4.69, 9.17) is 14.6 Å². The number of likely N-dealkylation sites (tertiary alicyclic amines) is 1. The predicted octanol–water partition coefficient (Wildman–Crippen LogP) is 6.85. The molecule has 0 bridgehead atoms. The van der Waals surface area contributed by atoms with Crippen molar-refractivity contribution in [3.63, 3.8) is 0 Å². The highest BCUT2D eigenvalue weighted by molar-refractivity contribution is 6.02. The first kappa shape index (κ1) is 29.9. The van der Waals surface area contributed by atoms with Gasteiger partial charge >= 0.3 is 6.09 Å². The molecule has 2 aromatic heterocycles. The van der Waals surface area contributed by atoms with Gasteiger partial charge < -0.3 is 24.3 Å². The Balaban J connectivity index is 1.05. The van der Waals surface area contributed by atoms with E-state index >= 15 is 0 Å². The first-order chi connectivity index (χ1) is 21.8. The Bertz CT molecular complexity index is 1730. The molecule has 5 aliphatic rings. The van der Waals surface area contributed by atoms with Gasteiger partial charge in [-0.25, -0.2) is 18.3 Å². The van der Waals surface area contributed by atoms with Crippen LogP contribution in [0.3, 0.4) is 0 Å². The molecule has 1 N–H and O–H groups in total. The summed E-state index contributed by atoms with van der Waals surface area (Å²) < 4.78 is 43.4. The van der Waals surface area contributed by atoms with Gasteiger partial charge in [-0.2, -0.15) is 5.10 Å². The standard InChI is InChI=1S/C35H43F2N5O4/c1-32(2,3)46-31(44)40-13-10-34(11-14-40)12-15-41(30(34)43)22-9-8-21-17-25(38-24(21)18-22)29-23-19-27-33(4,35(27,36)37)20-26(23)42(39-29)28-7-5-6-16-45-28/h8-9,17-18,27-28,38H,5-7,10-16,19-20H2,1-4H3/t27-,28?,33?/m0/s1. The Kier molecular flexibility index (Phi) is 6.51. The fraction of sp³-hybridized carbons (Fsp3) is 0.629. The average molecular weight is 636 g/mol. The first-order valence-electron chi connectivity index (χ1n) is 16.8. The first-order valence-corrected chi connectivity index (χ1v) is 16.8. The molecule has 11 heteroatoms. The number of benzene rings is 1. The van der Waals surface area contributed by atoms with Crippen LogP contribution < -0.4 is 4.90 Å². The number of nitrogens with one attached hydrogen (secondary N) is 1. The molecule has 246 valence electrons. The predicted molar refractivity (Wildman–Crippen MR) is 169 cm³/mol. The second-order valence-electron chi connectivity index (χ2n) is 15.4. The SMILES string of the molecule is CC(C)(C)OC(=O)N1CCC2(CC1)CCN(c1ccc3cc(-c4nn(C5CCCCO5)c5c4C[C@@H]4C(F)(F)C4(C)C5)[nH]c3c1)C2=O. The van der Waals surface area contributed by atoms with Gasteiger partial charge in [-0.3, -0.25) is 4.79 Å². The molecule has 3 aliphatic heterocycles. The summed E-state index contributed by atoms with van der Waals surface area (Å²) in [6.07, 6.45) is 4.88. The lowest BCUT2D eigenvalue weighted by Crippen LogP contribution is -2.48. The van der Waals surface area contributed by atoms with Crippen LogP contribution in [0.15, 0.2) is 24.3 Å². The molecule has 1 aromatic carbocycles. The van der Waals surface area contributed by atoms with E-state index in [1.807, 2.05) is 54.6 Å². The lowest BCUT2D eigenvalue weighted by atomic mass is 9.77. The number of alkyl halides is 2. The number of carbonyl (C=O) groups is 2. The minimum atomic E-state index is -2.68. The number of ether oxygens (including phenoxy) is 2. The number of nitrogens with zero attached hydrogens (tertiary/aromatic N) is 4. The number of aromatic nitrogens is 3. The van der Waals surface area contributed by atoms with Crippen molar-refractivity contribution in [3.8, 4) is 11.4 Å². The van der Waals surface area contributed by atoms with Crippen molar-refractivity contribution in [1.29, 1.82) is 0 Å².